The molecule has 1 amide bonds. The molecule has 43 heavy (non-hydrogen) atoms. The number of benzene rings is 4. The number of amides is 1. The number of aryl methyl sites for hydroxylation is 2. The van der Waals surface area contributed by atoms with Crippen molar-refractivity contribution in [2.45, 2.75) is 27.4 Å². The number of rotatable bonds is 8. The molecule has 0 unspecified atom stereocenters. The maximum Gasteiger partial charge on any atom is 0.271 e. The molecule has 0 aliphatic carbocycles. The lowest BCUT2D eigenvalue weighted by atomic mass is 10.1. The van der Waals surface area contributed by atoms with Crippen molar-refractivity contribution in [1.29, 1.82) is 0 Å². The van der Waals surface area contributed by atoms with Crippen molar-refractivity contribution >= 4 is 91.0 Å². The average molecular weight is 717 g/mol. The summed E-state index contributed by atoms with van der Waals surface area (Å²) < 4.78 is 12.8. The van der Waals surface area contributed by atoms with Crippen molar-refractivity contribution in [2.24, 2.45) is 4.99 Å². The molecule has 1 saturated heterocycles. The molecule has 10 heteroatoms. The van der Waals surface area contributed by atoms with E-state index in [0.717, 1.165) is 22.3 Å². The first-order valence-corrected chi connectivity index (χ1v) is 16.1. The molecule has 0 radical (unpaired) electrons. The monoisotopic (exact) mass is 714 g/mol. The Morgan fingerprint density at radius 1 is 0.930 bits per heavy atom. The standard InChI is InChI=1S/C33H26BrCl3N2O3S/c1-4-41-29-14-22(13-26(34)31(29)42-18-21-6-5-7-23(35)12-21)15-30-32(40)39(25-11-9-20(3)28(37)17-25)33(43-30)38-24-10-8-19(2)27(36)16-24/h5-17H,4,18H2,1-3H3/b30-15+,38-33?. The molecule has 4 aromatic rings. The fourth-order valence-electron chi connectivity index (χ4n) is 4.27. The third kappa shape index (κ3) is 7.41. The van der Waals surface area contributed by atoms with Crippen LogP contribution in [0.4, 0.5) is 11.4 Å². The van der Waals surface area contributed by atoms with E-state index in [1.54, 1.807) is 17.0 Å². The zero-order valence-corrected chi connectivity index (χ0v) is 28.1. The number of hydrogen-bond donors (Lipinski definition) is 0. The van der Waals surface area contributed by atoms with Crippen molar-refractivity contribution in [3.63, 3.8) is 0 Å². The van der Waals surface area contributed by atoms with Gasteiger partial charge in [-0.1, -0.05) is 59.1 Å². The fraction of sp³-hybridized carbons (Fsp3) is 0.152. The van der Waals surface area contributed by atoms with Gasteiger partial charge < -0.3 is 9.47 Å². The van der Waals surface area contributed by atoms with Gasteiger partial charge in [0.15, 0.2) is 16.7 Å². The third-order valence-corrected chi connectivity index (χ3v) is 9.11. The lowest BCUT2D eigenvalue weighted by Gasteiger charge is -2.17. The van der Waals surface area contributed by atoms with Crippen LogP contribution in [0.2, 0.25) is 15.1 Å². The second kappa shape index (κ2) is 13.8. The van der Waals surface area contributed by atoms with E-state index in [0.29, 0.717) is 65.7 Å². The second-order valence-electron chi connectivity index (χ2n) is 9.69. The Morgan fingerprint density at radius 2 is 1.67 bits per heavy atom. The highest BCUT2D eigenvalue weighted by Crippen LogP contribution is 2.42. The predicted octanol–water partition coefficient (Wildman–Crippen LogP) is 10.8. The molecule has 1 aliphatic rings. The largest absolute Gasteiger partial charge is 0.490 e. The van der Waals surface area contributed by atoms with Crippen LogP contribution < -0.4 is 14.4 Å². The summed E-state index contributed by atoms with van der Waals surface area (Å²) in [5, 5.41) is 2.29. The highest BCUT2D eigenvalue weighted by molar-refractivity contribution is 9.10. The first kappa shape index (κ1) is 31.5. The third-order valence-electron chi connectivity index (χ3n) is 6.50. The zero-order valence-electron chi connectivity index (χ0n) is 23.5. The molecule has 0 spiro atoms. The zero-order chi connectivity index (χ0) is 30.7. The lowest BCUT2D eigenvalue weighted by Crippen LogP contribution is -2.28. The Hall–Kier alpha value is -2.94. The number of carbonyl (C=O) groups is 1. The number of hydrogen-bond acceptors (Lipinski definition) is 5. The van der Waals surface area contributed by atoms with Gasteiger partial charge in [0.05, 0.1) is 27.4 Å². The molecule has 1 aliphatic heterocycles. The van der Waals surface area contributed by atoms with Crippen LogP contribution in [0.3, 0.4) is 0 Å². The molecule has 0 atom stereocenters. The number of amidine groups is 1. The van der Waals surface area contributed by atoms with Crippen LogP contribution in [0.1, 0.15) is 29.2 Å². The van der Waals surface area contributed by atoms with E-state index >= 15 is 0 Å². The van der Waals surface area contributed by atoms with Crippen LogP contribution >= 0.6 is 62.5 Å². The summed E-state index contributed by atoms with van der Waals surface area (Å²) in [7, 11) is 0. The summed E-state index contributed by atoms with van der Waals surface area (Å²) in [4.78, 5) is 20.7. The number of halogens is 4. The molecule has 1 heterocycles. The Kier molecular flexibility index (Phi) is 10.1. The van der Waals surface area contributed by atoms with E-state index in [1.165, 1.54) is 11.8 Å². The van der Waals surface area contributed by atoms with Gasteiger partial charge in [-0.15, -0.1) is 0 Å². The van der Waals surface area contributed by atoms with Crippen LogP contribution in [0.15, 0.2) is 87.2 Å². The van der Waals surface area contributed by atoms with Crippen LogP contribution in [0, 0.1) is 13.8 Å². The molecule has 0 N–H and O–H groups in total. The smallest absolute Gasteiger partial charge is 0.271 e. The molecule has 4 aromatic carbocycles. The van der Waals surface area contributed by atoms with E-state index in [9.17, 15) is 4.79 Å². The van der Waals surface area contributed by atoms with Crippen molar-refractivity contribution in [3.8, 4) is 11.5 Å². The molecule has 220 valence electrons. The van der Waals surface area contributed by atoms with E-state index in [4.69, 9.17) is 49.3 Å². The summed E-state index contributed by atoms with van der Waals surface area (Å²) in [6.07, 6.45) is 1.81. The molecule has 0 aromatic heterocycles. The summed E-state index contributed by atoms with van der Waals surface area (Å²) in [5.74, 6) is 0.882. The first-order valence-electron chi connectivity index (χ1n) is 13.3. The molecular formula is C33H26BrCl3N2O3S. The van der Waals surface area contributed by atoms with Crippen LogP contribution in [-0.2, 0) is 11.4 Å². The van der Waals surface area contributed by atoms with Gasteiger partial charge in [-0.05, 0) is 125 Å². The van der Waals surface area contributed by atoms with E-state index in [1.807, 2.05) is 87.5 Å². The lowest BCUT2D eigenvalue weighted by molar-refractivity contribution is -0.113. The van der Waals surface area contributed by atoms with Gasteiger partial charge in [0.1, 0.15) is 6.61 Å². The number of anilines is 1. The topological polar surface area (TPSA) is 51.1 Å². The number of nitrogens with zero attached hydrogens (tertiary/aromatic N) is 2. The molecular weight excluding hydrogens is 691 g/mol. The Labute approximate surface area is 278 Å². The second-order valence-corrected chi connectivity index (χ2v) is 12.8. The summed E-state index contributed by atoms with van der Waals surface area (Å²) in [5.41, 5.74) is 4.79. The molecule has 0 bridgehead atoms. The summed E-state index contributed by atoms with van der Waals surface area (Å²) >= 11 is 23.9. The van der Waals surface area contributed by atoms with Crippen LogP contribution in [0.25, 0.3) is 6.08 Å². The van der Waals surface area contributed by atoms with Gasteiger partial charge >= 0.3 is 0 Å². The first-order chi connectivity index (χ1) is 20.6. The normalized spacial score (nSPS) is 15.0. The number of thioether (sulfide) groups is 1. The number of aliphatic imine (C=N–C) groups is 1. The predicted molar refractivity (Wildman–Crippen MR) is 184 cm³/mol. The quantitative estimate of drug-likeness (QED) is 0.170. The highest BCUT2D eigenvalue weighted by Gasteiger charge is 2.35. The van der Waals surface area contributed by atoms with Crippen LogP contribution in [0.5, 0.6) is 11.5 Å². The minimum absolute atomic E-state index is 0.225. The van der Waals surface area contributed by atoms with Gasteiger partial charge in [-0.3, -0.25) is 9.69 Å². The average Bonchev–Trinajstić information content (AvgIpc) is 3.26. The van der Waals surface area contributed by atoms with Gasteiger partial charge in [0, 0.05) is 15.1 Å². The maximum atomic E-state index is 13.9. The number of carbonyl (C=O) groups excluding carboxylic acids is 1. The van der Waals surface area contributed by atoms with Crippen molar-refractivity contribution < 1.29 is 14.3 Å². The maximum absolute atomic E-state index is 13.9. The summed E-state index contributed by atoms with van der Waals surface area (Å²) in [6.45, 7) is 6.49. The Bertz CT molecular complexity index is 1780. The van der Waals surface area contributed by atoms with E-state index in [-0.39, 0.29) is 5.91 Å². The SMILES string of the molecule is CCOc1cc(/C=C2/SC(=Nc3ccc(C)c(Cl)c3)N(c3ccc(C)c(Cl)c3)C2=O)cc(Br)c1OCc1cccc(Cl)c1. The van der Waals surface area contributed by atoms with E-state index < -0.39 is 0 Å². The van der Waals surface area contributed by atoms with E-state index in [2.05, 4.69) is 15.9 Å². The van der Waals surface area contributed by atoms with Crippen molar-refractivity contribution in [3.05, 3.63) is 119 Å². The minimum Gasteiger partial charge on any atom is -0.490 e. The van der Waals surface area contributed by atoms with Crippen molar-refractivity contribution in [1.82, 2.24) is 0 Å². The van der Waals surface area contributed by atoms with Gasteiger partial charge in [-0.25, -0.2) is 4.99 Å². The number of ether oxygens (including phenoxy) is 2. The molecule has 5 nitrogen and oxygen atoms in total. The van der Waals surface area contributed by atoms with Gasteiger partial charge in [0.25, 0.3) is 5.91 Å². The minimum atomic E-state index is -0.225. The highest BCUT2D eigenvalue weighted by atomic mass is 79.9. The molecule has 1 fully saturated rings. The Balaban J connectivity index is 1.51. The van der Waals surface area contributed by atoms with Crippen molar-refractivity contribution in [2.75, 3.05) is 11.5 Å². The fourth-order valence-corrected chi connectivity index (χ4v) is 6.40. The molecule has 0 saturated carbocycles. The van der Waals surface area contributed by atoms with Crippen LogP contribution in [-0.4, -0.2) is 17.7 Å². The van der Waals surface area contributed by atoms with Gasteiger partial charge in [-0.2, -0.15) is 0 Å². The Morgan fingerprint density at radius 3 is 2.37 bits per heavy atom. The molecule has 5 rings (SSSR count). The summed E-state index contributed by atoms with van der Waals surface area (Å²) in [6, 6.07) is 22.3. The van der Waals surface area contributed by atoms with Gasteiger partial charge in [0.2, 0.25) is 0 Å².